The number of fused-ring (bicyclic) bond motifs is 4. The van der Waals surface area contributed by atoms with Crippen molar-refractivity contribution in [2.45, 2.75) is 46.1 Å². The molecule has 23 heavy (non-hydrogen) atoms. The molecule has 2 bridgehead atoms. The fourth-order valence-electron chi connectivity index (χ4n) is 4.05. The van der Waals surface area contributed by atoms with Gasteiger partial charge in [-0.2, -0.15) is 0 Å². The third-order valence-electron chi connectivity index (χ3n) is 4.98. The van der Waals surface area contributed by atoms with E-state index in [1.165, 1.54) is 11.1 Å². The lowest BCUT2D eigenvalue weighted by Crippen LogP contribution is -2.54. The van der Waals surface area contributed by atoms with E-state index in [0.29, 0.717) is 0 Å². The van der Waals surface area contributed by atoms with Gasteiger partial charge < -0.3 is 10.3 Å². The molecule has 4 nitrogen and oxygen atoms in total. The number of allylic oxidation sites excluding steroid dienone is 2. The van der Waals surface area contributed by atoms with E-state index >= 15 is 0 Å². The summed E-state index contributed by atoms with van der Waals surface area (Å²) in [5.74, 6) is 0.184. The predicted octanol–water partition coefficient (Wildman–Crippen LogP) is 2.81. The highest BCUT2D eigenvalue weighted by atomic mass is 16.2. The Labute approximate surface area is 136 Å². The van der Waals surface area contributed by atoms with Gasteiger partial charge in [0.25, 0.3) is 0 Å². The van der Waals surface area contributed by atoms with Crippen LogP contribution in [0.25, 0.3) is 0 Å². The summed E-state index contributed by atoms with van der Waals surface area (Å²) < 4.78 is 0. The molecule has 2 aliphatic rings. The van der Waals surface area contributed by atoms with Gasteiger partial charge in [-0.3, -0.25) is 9.59 Å². The molecule has 0 aliphatic heterocycles. The number of aromatic amines is 1. The zero-order valence-electron chi connectivity index (χ0n) is 14.2. The van der Waals surface area contributed by atoms with Crippen molar-refractivity contribution in [3.8, 4) is 0 Å². The maximum absolute atomic E-state index is 12.5. The molecular weight excluding hydrogens is 288 g/mol. The summed E-state index contributed by atoms with van der Waals surface area (Å²) in [6.45, 7) is 7.96. The Morgan fingerprint density at radius 3 is 2.83 bits per heavy atom. The van der Waals surface area contributed by atoms with Crippen molar-refractivity contribution in [1.29, 1.82) is 0 Å². The van der Waals surface area contributed by atoms with Crippen LogP contribution in [0.4, 0.5) is 0 Å². The third-order valence-corrected chi connectivity index (χ3v) is 4.98. The lowest BCUT2D eigenvalue weighted by atomic mass is 9.63. The zero-order valence-corrected chi connectivity index (χ0v) is 14.2. The second-order valence-electron chi connectivity index (χ2n) is 7.01. The number of hydrogen-bond acceptors (Lipinski definition) is 2. The van der Waals surface area contributed by atoms with Gasteiger partial charge in [-0.15, -0.1) is 0 Å². The summed E-state index contributed by atoms with van der Waals surface area (Å²) in [6, 6.07) is 3.44. The molecule has 4 heteroatoms. The number of hydrogen-bond donors (Lipinski definition) is 2. The summed E-state index contributed by atoms with van der Waals surface area (Å²) in [5, 5.41) is 3.30. The summed E-state index contributed by atoms with van der Waals surface area (Å²) >= 11 is 0. The smallest absolute Gasteiger partial charge is 0.248 e. The predicted molar refractivity (Wildman–Crippen MR) is 91.0 cm³/mol. The normalized spacial score (nSPS) is 27.6. The molecule has 1 amide bonds. The van der Waals surface area contributed by atoms with Crippen LogP contribution in [0.5, 0.6) is 0 Å². The van der Waals surface area contributed by atoms with Gasteiger partial charge >= 0.3 is 0 Å². The van der Waals surface area contributed by atoms with Crippen LogP contribution >= 0.6 is 0 Å². The minimum atomic E-state index is -0.530. The van der Waals surface area contributed by atoms with Gasteiger partial charge in [0.1, 0.15) is 0 Å². The highest BCUT2D eigenvalue weighted by molar-refractivity contribution is 5.80. The van der Waals surface area contributed by atoms with E-state index in [1.807, 2.05) is 26.8 Å². The highest BCUT2D eigenvalue weighted by Crippen LogP contribution is 2.49. The van der Waals surface area contributed by atoms with E-state index in [0.717, 1.165) is 24.1 Å². The number of pyridine rings is 1. The van der Waals surface area contributed by atoms with Gasteiger partial charge in [-0.05, 0) is 38.3 Å². The van der Waals surface area contributed by atoms with Crippen molar-refractivity contribution < 1.29 is 4.79 Å². The van der Waals surface area contributed by atoms with Crippen LogP contribution in [0.3, 0.4) is 0 Å². The third kappa shape index (κ3) is 2.46. The van der Waals surface area contributed by atoms with E-state index in [4.69, 9.17) is 0 Å². The summed E-state index contributed by atoms with van der Waals surface area (Å²) in [4.78, 5) is 27.2. The first kappa shape index (κ1) is 15.8. The largest absolute Gasteiger partial charge is 0.342 e. The lowest BCUT2D eigenvalue weighted by molar-refractivity contribution is -0.125. The Balaban J connectivity index is 2.23. The van der Waals surface area contributed by atoms with Crippen LogP contribution in [0.2, 0.25) is 0 Å². The number of nitrogens with one attached hydrogen (secondary N) is 2. The molecule has 1 aromatic heterocycles. The Bertz CT molecular complexity index is 770. The fraction of sp³-hybridized carbons (Fsp3) is 0.474. The topological polar surface area (TPSA) is 62.0 Å². The number of H-pyrrole nitrogens is 1. The van der Waals surface area contributed by atoms with Gasteiger partial charge in [0.15, 0.2) is 0 Å². The Morgan fingerprint density at radius 2 is 2.17 bits per heavy atom. The average Bonchev–Trinajstić information content (AvgIpc) is 2.45. The number of amides is 1. The molecule has 2 N–H and O–H groups in total. The molecule has 2 atom stereocenters. The first-order chi connectivity index (χ1) is 10.9. The Morgan fingerprint density at radius 1 is 1.43 bits per heavy atom. The SMILES string of the molecule is C/C=C1\[C@H]2C=C(C)C[C@]1(NC(=O)C(C)C)c1ccc(=O)[nH]c1C2. The molecule has 0 aromatic carbocycles. The monoisotopic (exact) mass is 312 g/mol. The molecule has 0 radical (unpaired) electrons. The van der Waals surface area contributed by atoms with Crippen molar-refractivity contribution in [3.05, 3.63) is 57.0 Å². The maximum atomic E-state index is 12.5. The van der Waals surface area contributed by atoms with E-state index in [1.54, 1.807) is 6.07 Å². The standard InChI is InChI=1S/C19H24N2O2/c1-5-14-13-8-12(4)10-19(14,21-18(23)11(2)3)15-6-7-17(22)20-16(15)9-13/h5-8,11,13H,9-10H2,1-4H3,(H,20,22)(H,21,23)/b14-5+/t13-,19+/m0/s1. The molecule has 0 saturated heterocycles. The second kappa shape index (κ2) is 5.52. The molecule has 1 heterocycles. The molecule has 0 saturated carbocycles. The van der Waals surface area contributed by atoms with Gasteiger partial charge in [-0.25, -0.2) is 0 Å². The number of rotatable bonds is 2. The highest BCUT2D eigenvalue weighted by Gasteiger charge is 2.47. The fourth-order valence-corrected chi connectivity index (χ4v) is 4.05. The van der Waals surface area contributed by atoms with Gasteiger partial charge in [-0.1, -0.05) is 31.6 Å². The first-order valence-electron chi connectivity index (χ1n) is 8.26. The van der Waals surface area contributed by atoms with Crippen LogP contribution < -0.4 is 10.9 Å². The van der Waals surface area contributed by atoms with E-state index in [2.05, 4.69) is 29.4 Å². The van der Waals surface area contributed by atoms with E-state index < -0.39 is 5.54 Å². The number of aromatic nitrogens is 1. The van der Waals surface area contributed by atoms with Crippen LogP contribution in [0, 0.1) is 11.8 Å². The Kier molecular flexibility index (Phi) is 3.78. The first-order valence-corrected chi connectivity index (χ1v) is 8.26. The van der Waals surface area contributed by atoms with Crippen molar-refractivity contribution in [3.63, 3.8) is 0 Å². The van der Waals surface area contributed by atoms with Crippen molar-refractivity contribution in [1.82, 2.24) is 10.3 Å². The summed E-state index contributed by atoms with van der Waals surface area (Å²) in [6.07, 6.45) is 5.92. The maximum Gasteiger partial charge on any atom is 0.248 e. The van der Waals surface area contributed by atoms with Crippen LogP contribution in [-0.4, -0.2) is 10.9 Å². The minimum absolute atomic E-state index is 0.0388. The molecule has 0 unspecified atom stereocenters. The van der Waals surface area contributed by atoms with Gasteiger partial charge in [0, 0.05) is 29.2 Å². The van der Waals surface area contributed by atoms with Gasteiger partial charge in [0.2, 0.25) is 11.5 Å². The molecule has 0 fully saturated rings. The van der Waals surface area contributed by atoms with Gasteiger partial charge in [0.05, 0.1) is 5.54 Å². The molecule has 3 rings (SSSR count). The van der Waals surface area contributed by atoms with Crippen molar-refractivity contribution in [2.24, 2.45) is 11.8 Å². The van der Waals surface area contributed by atoms with Crippen LogP contribution in [0.1, 0.15) is 45.4 Å². The van der Waals surface area contributed by atoms with E-state index in [-0.39, 0.29) is 23.3 Å². The summed E-state index contributed by atoms with van der Waals surface area (Å²) in [5.41, 5.74) is 3.87. The molecule has 2 aliphatic carbocycles. The van der Waals surface area contributed by atoms with Crippen LogP contribution in [0.15, 0.2) is 40.2 Å². The Hall–Kier alpha value is -2.10. The minimum Gasteiger partial charge on any atom is -0.342 e. The molecule has 1 aromatic rings. The second-order valence-corrected chi connectivity index (χ2v) is 7.01. The number of carbonyl (C=O) groups excluding carboxylic acids is 1. The lowest BCUT2D eigenvalue weighted by Gasteiger charge is -2.48. The average molecular weight is 312 g/mol. The van der Waals surface area contributed by atoms with Crippen molar-refractivity contribution >= 4 is 5.91 Å². The van der Waals surface area contributed by atoms with Crippen molar-refractivity contribution in [2.75, 3.05) is 0 Å². The number of carbonyl (C=O) groups is 1. The van der Waals surface area contributed by atoms with Crippen LogP contribution in [-0.2, 0) is 16.8 Å². The van der Waals surface area contributed by atoms with E-state index in [9.17, 15) is 9.59 Å². The molecule has 122 valence electrons. The summed E-state index contributed by atoms with van der Waals surface area (Å²) in [7, 11) is 0. The quantitative estimate of drug-likeness (QED) is 0.825. The zero-order chi connectivity index (χ0) is 16.8. The molecular formula is C19H24N2O2. The molecule has 0 spiro atoms.